The Labute approximate surface area is 93.6 Å². The van der Waals surface area contributed by atoms with Crippen molar-refractivity contribution >= 4 is 17.6 Å². The predicted molar refractivity (Wildman–Crippen MR) is 64.5 cm³/mol. The monoisotopic (exact) mass is 222 g/mol. The van der Waals surface area contributed by atoms with Gasteiger partial charge in [-0.25, -0.2) is 0 Å². The Balaban J connectivity index is 1.99. The highest BCUT2D eigenvalue weighted by Crippen LogP contribution is 2.24. The van der Waals surface area contributed by atoms with Crippen LogP contribution in [-0.4, -0.2) is 11.5 Å². The van der Waals surface area contributed by atoms with Crippen LogP contribution in [0, 0.1) is 0 Å². The van der Waals surface area contributed by atoms with Gasteiger partial charge < -0.3 is 16.5 Å². The highest BCUT2D eigenvalue weighted by atomic mass is 32.2. The van der Waals surface area contributed by atoms with Gasteiger partial charge in [-0.1, -0.05) is 12.1 Å². The van der Waals surface area contributed by atoms with Gasteiger partial charge in [-0.3, -0.25) is 0 Å². The molecular weight excluding hydrogens is 208 g/mol. The van der Waals surface area contributed by atoms with E-state index >= 15 is 0 Å². The average Bonchev–Trinajstić information content (AvgIpc) is 2.65. The summed E-state index contributed by atoms with van der Waals surface area (Å²) in [6.07, 6.45) is 1.93. The maximum Gasteiger partial charge on any atom is 0.107 e. The number of hydrazine groups is 1. The van der Waals surface area contributed by atoms with Crippen LogP contribution in [0.4, 0.5) is 5.69 Å². The third-order valence-electron chi connectivity index (χ3n) is 2.07. The van der Waals surface area contributed by atoms with Crippen molar-refractivity contribution in [1.82, 2.24) is 9.84 Å². The highest BCUT2D eigenvalue weighted by Gasteiger charge is 2.09. The molecule has 1 aliphatic rings. The van der Waals surface area contributed by atoms with E-state index in [-0.39, 0.29) is 0 Å². The molecule has 0 saturated heterocycles. The largest absolute Gasteiger partial charge is 0.348 e. The molecule has 0 spiro atoms. The maximum atomic E-state index is 5.53. The van der Waals surface area contributed by atoms with Crippen LogP contribution in [0.25, 0.3) is 0 Å². The standard InChI is InChI=1S/C10H14N4S/c1-14-12-7-10(15-14)13-9-4-2-8(6-11)3-5-9/h2-5,7,12-13H,6,11H2,1H3. The average molecular weight is 222 g/mol. The SMILES string of the molecule is CN1NC=C(Nc2ccc(CN)cc2)S1. The van der Waals surface area contributed by atoms with E-state index < -0.39 is 0 Å². The Morgan fingerprint density at radius 3 is 2.67 bits per heavy atom. The summed E-state index contributed by atoms with van der Waals surface area (Å²) in [5.41, 5.74) is 10.8. The Morgan fingerprint density at radius 1 is 1.40 bits per heavy atom. The van der Waals surface area contributed by atoms with Gasteiger partial charge in [0.15, 0.2) is 0 Å². The molecule has 0 bridgehead atoms. The molecule has 0 fully saturated rings. The van der Waals surface area contributed by atoms with E-state index in [1.165, 1.54) is 0 Å². The third kappa shape index (κ3) is 2.65. The Bertz CT molecular complexity index is 360. The van der Waals surface area contributed by atoms with Crippen LogP contribution in [0.3, 0.4) is 0 Å². The van der Waals surface area contributed by atoms with E-state index in [1.807, 2.05) is 41.9 Å². The normalized spacial score (nSPS) is 16.0. The number of nitrogens with two attached hydrogens (primary N) is 1. The lowest BCUT2D eigenvalue weighted by molar-refractivity contribution is 0.505. The molecule has 0 amide bonds. The van der Waals surface area contributed by atoms with Gasteiger partial charge in [-0.15, -0.1) is 0 Å². The van der Waals surface area contributed by atoms with Crippen LogP contribution < -0.4 is 16.5 Å². The lowest BCUT2D eigenvalue weighted by atomic mass is 10.2. The quantitative estimate of drug-likeness (QED) is 0.676. The van der Waals surface area contributed by atoms with Crippen molar-refractivity contribution in [1.29, 1.82) is 0 Å². The smallest absolute Gasteiger partial charge is 0.107 e. The highest BCUT2D eigenvalue weighted by molar-refractivity contribution is 8.01. The number of hydrogen-bond donors (Lipinski definition) is 3. The Hall–Kier alpha value is -1.17. The number of anilines is 1. The van der Waals surface area contributed by atoms with Gasteiger partial charge >= 0.3 is 0 Å². The predicted octanol–water partition coefficient (Wildman–Crippen LogP) is 1.45. The van der Waals surface area contributed by atoms with E-state index in [1.54, 1.807) is 11.9 Å². The summed E-state index contributed by atoms with van der Waals surface area (Å²) in [5.74, 6) is 0. The van der Waals surface area contributed by atoms with Crippen LogP contribution in [-0.2, 0) is 6.54 Å². The summed E-state index contributed by atoms with van der Waals surface area (Å²) in [7, 11) is 1.97. The van der Waals surface area contributed by atoms with Crippen LogP contribution in [0.15, 0.2) is 35.5 Å². The van der Waals surface area contributed by atoms with Crippen LogP contribution in [0.2, 0.25) is 0 Å². The molecule has 80 valence electrons. The van der Waals surface area contributed by atoms with E-state index in [0.717, 1.165) is 16.3 Å². The first-order chi connectivity index (χ1) is 7.28. The molecule has 0 radical (unpaired) electrons. The molecule has 0 aromatic heterocycles. The van der Waals surface area contributed by atoms with Crippen LogP contribution >= 0.6 is 11.9 Å². The molecule has 0 aliphatic carbocycles. The van der Waals surface area contributed by atoms with Crippen molar-refractivity contribution in [2.75, 3.05) is 12.4 Å². The molecule has 5 heteroatoms. The molecule has 0 saturated carbocycles. The maximum absolute atomic E-state index is 5.53. The molecule has 4 nitrogen and oxygen atoms in total. The van der Waals surface area contributed by atoms with Gasteiger partial charge in [0.05, 0.1) is 0 Å². The van der Waals surface area contributed by atoms with Crippen molar-refractivity contribution in [3.8, 4) is 0 Å². The summed E-state index contributed by atoms with van der Waals surface area (Å²) in [6.45, 7) is 0.585. The Morgan fingerprint density at radius 2 is 2.13 bits per heavy atom. The zero-order valence-electron chi connectivity index (χ0n) is 8.53. The molecule has 1 aromatic carbocycles. The zero-order chi connectivity index (χ0) is 10.7. The summed E-state index contributed by atoms with van der Waals surface area (Å²) < 4.78 is 1.93. The third-order valence-corrected chi connectivity index (χ3v) is 2.87. The summed E-state index contributed by atoms with van der Waals surface area (Å²) in [4.78, 5) is 0. The molecule has 4 N–H and O–H groups in total. The number of nitrogens with one attached hydrogen (secondary N) is 2. The molecular formula is C10H14N4S. The molecule has 15 heavy (non-hydrogen) atoms. The fraction of sp³-hybridized carbons (Fsp3) is 0.200. The minimum atomic E-state index is 0.585. The number of hydrogen-bond acceptors (Lipinski definition) is 5. The first-order valence-corrected chi connectivity index (χ1v) is 5.49. The van der Waals surface area contributed by atoms with Gasteiger partial charge in [0.25, 0.3) is 0 Å². The Kier molecular flexibility index (Phi) is 3.15. The van der Waals surface area contributed by atoms with E-state index in [9.17, 15) is 0 Å². The van der Waals surface area contributed by atoms with E-state index in [2.05, 4.69) is 10.7 Å². The van der Waals surface area contributed by atoms with Crippen LogP contribution in [0.1, 0.15) is 5.56 Å². The minimum Gasteiger partial charge on any atom is -0.348 e. The molecule has 1 aromatic rings. The topological polar surface area (TPSA) is 53.3 Å². The van der Waals surface area contributed by atoms with Gasteiger partial charge in [0.1, 0.15) is 5.03 Å². The number of rotatable bonds is 3. The zero-order valence-corrected chi connectivity index (χ0v) is 9.34. The van der Waals surface area contributed by atoms with Crippen molar-refractivity contribution in [2.24, 2.45) is 5.73 Å². The first kappa shape index (κ1) is 10.4. The van der Waals surface area contributed by atoms with Gasteiger partial charge in [0.2, 0.25) is 0 Å². The van der Waals surface area contributed by atoms with Gasteiger partial charge in [-0.2, -0.15) is 4.41 Å². The summed E-state index contributed by atoms with van der Waals surface area (Å²) in [6, 6.07) is 8.11. The second-order valence-electron chi connectivity index (χ2n) is 3.25. The second-order valence-corrected chi connectivity index (χ2v) is 4.42. The fourth-order valence-electron chi connectivity index (χ4n) is 1.28. The van der Waals surface area contributed by atoms with Crippen molar-refractivity contribution in [3.05, 3.63) is 41.1 Å². The molecule has 0 unspecified atom stereocenters. The summed E-state index contributed by atoms with van der Waals surface area (Å²) >= 11 is 1.62. The minimum absolute atomic E-state index is 0.585. The number of benzene rings is 1. The van der Waals surface area contributed by atoms with Crippen LogP contribution in [0.5, 0.6) is 0 Å². The van der Waals surface area contributed by atoms with E-state index in [0.29, 0.717) is 6.54 Å². The molecule has 2 rings (SSSR count). The van der Waals surface area contributed by atoms with E-state index in [4.69, 9.17) is 5.73 Å². The first-order valence-electron chi connectivity index (χ1n) is 4.72. The number of nitrogens with zero attached hydrogens (tertiary/aromatic N) is 1. The fourth-order valence-corrected chi connectivity index (χ4v) is 1.94. The molecule has 1 aliphatic heterocycles. The van der Waals surface area contributed by atoms with Crippen molar-refractivity contribution in [3.63, 3.8) is 0 Å². The van der Waals surface area contributed by atoms with Crippen molar-refractivity contribution in [2.45, 2.75) is 6.54 Å². The van der Waals surface area contributed by atoms with Gasteiger partial charge in [-0.05, 0) is 29.6 Å². The second kappa shape index (κ2) is 4.57. The molecule has 1 heterocycles. The van der Waals surface area contributed by atoms with Gasteiger partial charge in [0, 0.05) is 25.5 Å². The summed E-state index contributed by atoms with van der Waals surface area (Å²) in [5, 5.41) is 4.38. The van der Waals surface area contributed by atoms with Crippen molar-refractivity contribution < 1.29 is 0 Å². The lowest BCUT2D eigenvalue weighted by Crippen LogP contribution is -2.16. The lowest BCUT2D eigenvalue weighted by Gasteiger charge is -2.08. The molecule has 0 atom stereocenters.